The summed E-state index contributed by atoms with van der Waals surface area (Å²) in [4.78, 5) is 29.2. The van der Waals surface area contributed by atoms with Crippen LogP contribution in [0.15, 0.2) is 0 Å². The number of hydrogen-bond acceptors (Lipinski definition) is 6. The van der Waals surface area contributed by atoms with Gasteiger partial charge in [-0.3, -0.25) is 9.59 Å². The zero-order valence-corrected chi connectivity index (χ0v) is 16.7. The number of nitrogens with one attached hydrogen (secondary N) is 1. The number of piperidine rings is 1. The molecule has 3 aliphatic heterocycles. The van der Waals surface area contributed by atoms with Crippen molar-refractivity contribution in [2.75, 3.05) is 59.2 Å². The first kappa shape index (κ1) is 19.9. The lowest BCUT2D eigenvalue weighted by Crippen LogP contribution is -2.50. The third-order valence-electron chi connectivity index (χ3n) is 5.83. The quantitative estimate of drug-likeness (QED) is 0.736. The van der Waals surface area contributed by atoms with Gasteiger partial charge in [0.05, 0.1) is 13.2 Å². The lowest BCUT2D eigenvalue weighted by molar-refractivity contribution is -0.149. The maximum Gasteiger partial charge on any atom is 0.251 e. The number of rotatable bonds is 5. The molecule has 3 saturated heterocycles. The maximum absolute atomic E-state index is 12.6. The van der Waals surface area contributed by atoms with Crippen molar-refractivity contribution in [3.05, 3.63) is 0 Å². The second-order valence-electron chi connectivity index (χ2n) is 7.54. The van der Waals surface area contributed by atoms with Crippen LogP contribution in [0.25, 0.3) is 0 Å². The van der Waals surface area contributed by atoms with Crippen LogP contribution in [0.2, 0.25) is 0 Å². The Morgan fingerprint density at radius 1 is 1.12 bits per heavy atom. The minimum atomic E-state index is -0.504. The molecule has 0 bridgehead atoms. The number of likely N-dealkylation sites (tertiary alicyclic amines) is 1. The molecule has 3 aliphatic rings. The topological polar surface area (TPSA) is 71.1 Å². The number of morpholine rings is 1. The van der Waals surface area contributed by atoms with Crippen LogP contribution < -0.4 is 5.32 Å². The molecule has 0 aromatic heterocycles. The molecule has 3 heterocycles. The molecular formula is C18H31N3O4S. The zero-order chi connectivity index (χ0) is 18.6. The molecule has 3 rings (SSSR count). The Morgan fingerprint density at radius 3 is 2.42 bits per heavy atom. The van der Waals surface area contributed by atoms with Crippen molar-refractivity contribution in [3.8, 4) is 0 Å². The van der Waals surface area contributed by atoms with E-state index >= 15 is 0 Å². The molecule has 3 fully saturated rings. The molecule has 0 unspecified atom stereocenters. The summed E-state index contributed by atoms with van der Waals surface area (Å²) in [6, 6.07) is 0. The van der Waals surface area contributed by atoms with E-state index in [2.05, 4.69) is 23.5 Å². The summed E-state index contributed by atoms with van der Waals surface area (Å²) in [5.74, 6) is -0.0749. The highest BCUT2D eigenvalue weighted by Gasteiger charge is 2.39. The van der Waals surface area contributed by atoms with E-state index in [1.807, 2.05) is 11.8 Å². The molecule has 0 saturated carbocycles. The predicted molar refractivity (Wildman–Crippen MR) is 101 cm³/mol. The van der Waals surface area contributed by atoms with Crippen LogP contribution in [-0.4, -0.2) is 97.8 Å². The largest absolute Gasteiger partial charge is 0.378 e. The summed E-state index contributed by atoms with van der Waals surface area (Å²) in [6.45, 7) is 5.17. The molecular weight excluding hydrogens is 354 g/mol. The van der Waals surface area contributed by atoms with Gasteiger partial charge in [0.25, 0.3) is 5.91 Å². The van der Waals surface area contributed by atoms with E-state index in [0.717, 1.165) is 25.9 Å². The predicted octanol–water partition coefficient (Wildman–Crippen LogP) is 0.336. The van der Waals surface area contributed by atoms with Crippen LogP contribution >= 0.6 is 11.8 Å². The van der Waals surface area contributed by atoms with Gasteiger partial charge in [-0.25, -0.2) is 0 Å². The Bertz CT molecular complexity index is 505. The van der Waals surface area contributed by atoms with E-state index in [4.69, 9.17) is 9.47 Å². The minimum Gasteiger partial charge on any atom is -0.378 e. The summed E-state index contributed by atoms with van der Waals surface area (Å²) in [5, 5.41) is 3.09. The number of hydrogen-bond donors (Lipinski definition) is 1. The monoisotopic (exact) mass is 385 g/mol. The highest BCUT2D eigenvalue weighted by molar-refractivity contribution is 8.00. The van der Waals surface area contributed by atoms with Gasteiger partial charge in [0.1, 0.15) is 12.2 Å². The van der Waals surface area contributed by atoms with Gasteiger partial charge in [-0.15, -0.1) is 0 Å². The van der Waals surface area contributed by atoms with E-state index in [-0.39, 0.29) is 16.6 Å². The SMILES string of the molecule is CSC1(CNC(=O)[C@@H]2CC[C@H](C(=O)N3CCOCC3)O2)CCN(C)CC1. The summed E-state index contributed by atoms with van der Waals surface area (Å²) in [6.07, 6.45) is 4.52. The van der Waals surface area contributed by atoms with Crippen molar-refractivity contribution in [2.24, 2.45) is 0 Å². The molecule has 0 spiro atoms. The Kier molecular flexibility index (Phi) is 6.82. The van der Waals surface area contributed by atoms with Crippen molar-refractivity contribution in [1.82, 2.24) is 15.1 Å². The number of carbonyl (C=O) groups is 2. The van der Waals surface area contributed by atoms with Crippen molar-refractivity contribution in [2.45, 2.75) is 42.6 Å². The molecule has 0 aliphatic carbocycles. The number of amides is 2. The zero-order valence-electron chi connectivity index (χ0n) is 15.9. The van der Waals surface area contributed by atoms with Gasteiger partial charge in [0, 0.05) is 24.4 Å². The summed E-state index contributed by atoms with van der Waals surface area (Å²) in [5.41, 5.74) is 0. The van der Waals surface area contributed by atoms with Gasteiger partial charge in [0.2, 0.25) is 5.91 Å². The highest BCUT2D eigenvalue weighted by Crippen LogP contribution is 2.33. The molecule has 0 aromatic carbocycles. The van der Waals surface area contributed by atoms with Crippen molar-refractivity contribution >= 4 is 23.6 Å². The lowest BCUT2D eigenvalue weighted by atomic mass is 9.95. The normalized spacial score (nSPS) is 29.5. The maximum atomic E-state index is 12.6. The summed E-state index contributed by atoms with van der Waals surface area (Å²) in [7, 11) is 2.14. The Hall–Kier alpha value is -0.830. The fourth-order valence-electron chi connectivity index (χ4n) is 3.84. The van der Waals surface area contributed by atoms with Crippen LogP contribution in [0.1, 0.15) is 25.7 Å². The number of carbonyl (C=O) groups excluding carboxylic acids is 2. The van der Waals surface area contributed by atoms with Crippen LogP contribution in [-0.2, 0) is 19.1 Å². The van der Waals surface area contributed by atoms with Crippen LogP contribution in [0.3, 0.4) is 0 Å². The van der Waals surface area contributed by atoms with Crippen LogP contribution in [0.4, 0.5) is 0 Å². The second kappa shape index (κ2) is 8.91. The minimum absolute atomic E-state index is 0.000461. The molecule has 0 radical (unpaired) electrons. The van der Waals surface area contributed by atoms with E-state index in [9.17, 15) is 9.59 Å². The van der Waals surface area contributed by atoms with Crippen molar-refractivity contribution < 1.29 is 19.1 Å². The molecule has 0 aromatic rings. The molecule has 2 atom stereocenters. The van der Waals surface area contributed by atoms with Crippen molar-refractivity contribution in [3.63, 3.8) is 0 Å². The fraction of sp³-hybridized carbons (Fsp3) is 0.889. The van der Waals surface area contributed by atoms with Gasteiger partial charge in [-0.1, -0.05) is 0 Å². The Morgan fingerprint density at radius 2 is 1.77 bits per heavy atom. The third-order valence-corrected chi connectivity index (χ3v) is 7.24. The molecule has 7 nitrogen and oxygen atoms in total. The van der Waals surface area contributed by atoms with Gasteiger partial charge in [-0.2, -0.15) is 11.8 Å². The van der Waals surface area contributed by atoms with E-state index in [1.165, 1.54) is 0 Å². The number of thioether (sulfide) groups is 1. The highest BCUT2D eigenvalue weighted by atomic mass is 32.2. The smallest absolute Gasteiger partial charge is 0.251 e. The lowest BCUT2D eigenvalue weighted by Gasteiger charge is -2.39. The Balaban J connectivity index is 1.46. The van der Waals surface area contributed by atoms with Gasteiger partial charge < -0.3 is 24.6 Å². The van der Waals surface area contributed by atoms with Gasteiger partial charge >= 0.3 is 0 Å². The molecule has 26 heavy (non-hydrogen) atoms. The van der Waals surface area contributed by atoms with Crippen LogP contribution in [0.5, 0.6) is 0 Å². The molecule has 2 amide bonds. The number of nitrogens with zero attached hydrogens (tertiary/aromatic N) is 2. The van der Waals surface area contributed by atoms with Gasteiger partial charge in [0.15, 0.2) is 0 Å². The van der Waals surface area contributed by atoms with E-state index in [1.54, 1.807) is 4.90 Å². The molecule has 8 heteroatoms. The summed E-state index contributed by atoms with van der Waals surface area (Å²) < 4.78 is 11.2. The van der Waals surface area contributed by atoms with Gasteiger partial charge in [-0.05, 0) is 52.1 Å². The molecule has 1 N–H and O–H groups in total. The first-order valence-electron chi connectivity index (χ1n) is 9.56. The fourth-order valence-corrected chi connectivity index (χ4v) is 4.65. The van der Waals surface area contributed by atoms with E-state index < -0.39 is 12.2 Å². The Labute approximate surface area is 160 Å². The van der Waals surface area contributed by atoms with E-state index in [0.29, 0.717) is 45.7 Å². The molecule has 148 valence electrons. The number of ether oxygens (including phenoxy) is 2. The average Bonchev–Trinajstić information content (AvgIpc) is 3.18. The summed E-state index contributed by atoms with van der Waals surface area (Å²) >= 11 is 1.85. The first-order chi connectivity index (χ1) is 12.5. The van der Waals surface area contributed by atoms with Crippen molar-refractivity contribution in [1.29, 1.82) is 0 Å². The first-order valence-corrected chi connectivity index (χ1v) is 10.8. The van der Waals surface area contributed by atoms with Crippen LogP contribution in [0, 0.1) is 0 Å². The standard InChI is InChI=1S/C18H31N3O4S/c1-20-7-5-18(26-2,6-8-20)13-19-16(22)14-3-4-15(25-14)17(23)21-9-11-24-12-10-21/h14-15H,3-13H2,1-2H3,(H,19,22)/t14-,15+/m0/s1. The average molecular weight is 386 g/mol. The third kappa shape index (κ3) is 4.71. The second-order valence-corrected chi connectivity index (χ2v) is 8.81.